The standard InChI is InChI=1S/C25H23N5O5S/c1-3-34-25-21(35-20-13-8-7-12-19(20)33-2)22(28-24(29-25)23-26-15-9-16-27-23)30-36(31,32)17-14-18-10-5-4-6-11-18/h4-17H,3H2,1-2H3,(H,28,29,30). The van der Waals surface area contributed by atoms with Gasteiger partial charge in [-0.05, 0) is 36.8 Å². The SMILES string of the molecule is CCOc1nc(-c2ncccn2)nc(NS(=O)(=O)C=Cc2ccccc2)c1Oc1ccccc1OC. The number of para-hydroxylation sites is 2. The van der Waals surface area contributed by atoms with Gasteiger partial charge in [-0.15, -0.1) is 0 Å². The molecule has 0 radical (unpaired) electrons. The Morgan fingerprint density at radius 3 is 2.28 bits per heavy atom. The second kappa shape index (κ2) is 11.3. The maximum atomic E-state index is 13.0. The lowest BCUT2D eigenvalue weighted by Gasteiger charge is -2.17. The van der Waals surface area contributed by atoms with Crippen LogP contribution in [0.5, 0.6) is 23.1 Å². The predicted molar refractivity (Wildman–Crippen MR) is 135 cm³/mol. The lowest BCUT2D eigenvalue weighted by Crippen LogP contribution is -2.14. The molecular weight excluding hydrogens is 482 g/mol. The molecule has 0 saturated carbocycles. The molecule has 0 bridgehead atoms. The Balaban J connectivity index is 1.81. The van der Waals surface area contributed by atoms with Crippen LogP contribution in [0.3, 0.4) is 0 Å². The number of aromatic nitrogens is 4. The Hall–Kier alpha value is -4.51. The average Bonchev–Trinajstić information content (AvgIpc) is 2.90. The summed E-state index contributed by atoms with van der Waals surface area (Å²) < 4.78 is 45.6. The first-order valence-corrected chi connectivity index (χ1v) is 12.4. The summed E-state index contributed by atoms with van der Waals surface area (Å²) >= 11 is 0. The van der Waals surface area contributed by atoms with Crippen molar-refractivity contribution in [2.24, 2.45) is 0 Å². The van der Waals surface area contributed by atoms with E-state index in [0.717, 1.165) is 5.41 Å². The van der Waals surface area contributed by atoms with Crippen molar-refractivity contribution in [3.8, 4) is 34.8 Å². The van der Waals surface area contributed by atoms with E-state index in [1.54, 1.807) is 49.4 Å². The minimum atomic E-state index is -4.02. The van der Waals surface area contributed by atoms with Gasteiger partial charge in [-0.3, -0.25) is 4.72 Å². The molecule has 36 heavy (non-hydrogen) atoms. The van der Waals surface area contributed by atoms with Gasteiger partial charge in [-0.25, -0.2) is 23.4 Å². The number of hydrogen-bond acceptors (Lipinski definition) is 9. The Morgan fingerprint density at radius 2 is 1.58 bits per heavy atom. The van der Waals surface area contributed by atoms with E-state index in [-0.39, 0.29) is 35.7 Å². The van der Waals surface area contributed by atoms with Crippen molar-refractivity contribution < 1.29 is 22.6 Å². The van der Waals surface area contributed by atoms with Gasteiger partial charge < -0.3 is 14.2 Å². The van der Waals surface area contributed by atoms with E-state index in [1.165, 1.54) is 25.6 Å². The molecule has 2 heterocycles. The van der Waals surface area contributed by atoms with Crippen molar-refractivity contribution in [3.63, 3.8) is 0 Å². The third-order valence-electron chi connectivity index (χ3n) is 4.64. The summed E-state index contributed by atoms with van der Waals surface area (Å²) in [4.78, 5) is 17.1. The van der Waals surface area contributed by atoms with E-state index in [1.807, 2.05) is 18.2 Å². The van der Waals surface area contributed by atoms with E-state index in [2.05, 4.69) is 24.7 Å². The molecule has 4 aromatic rings. The average molecular weight is 506 g/mol. The first-order valence-electron chi connectivity index (χ1n) is 10.9. The monoisotopic (exact) mass is 505 g/mol. The number of ether oxygens (including phenoxy) is 3. The molecule has 0 spiro atoms. The van der Waals surface area contributed by atoms with E-state index in [0.29, 0.717) is 17.1 Å². The maximum Gasteiger partial charge on any atom is 0.263 e. The van der Waals surface area contributed by atoms with Gasteiger partial charge in [0.25, 0.3) is 15.9 Å². The van der Waals surface area contributed by atoms with E-state index in [4.69, 9.17) is 14.2 Å². The van der Waals surface area contributed by atoms with Crippen molar-refractivity contribution >= 4 is 21.9 Å². The molecule has 2 aromatic carbocycles. The van der Waals surface area contributed by atoms with Gasteiger partial charge in [0.2, 0.25) is 11.6 Å². The lowest BCUT2D eigenvalue weighted by molar-refractivity contribution is 0.304. The molecule has 184 valence electrons. The highest BCUT2D eigenvalue weighted by molar-refractivity contribution is 7.95. The summed E-state index contributed by atoms with van der Waals surface area (Å²) in [6, 6.07) is 17.6. The topological polar surface area (TPSA) is 125 Å². The van der Waals surface area contributed by atoms with Gasteiger partial charge in [0.05, 0.1) is 19.1 Å². The number of nitrogens with zero attached hydrogens (tertiary/aromatic N) is 4. The van der Waals surface area contributed by atoms with Gasteiger partial charge in [-0.2, -0.15) is 4.98 Å². The summed E-state index contributed by atoms with van der Waals surface area (Å²) in [7, 11) is -2.53. The first kappa shape index (κ1) is 24.6. The summed E-state index contributed by atoms with van der Waals surface area (Å²) in [5, 5.41) is 1.04. The number of rotatable bonds is 10. The van der Waals surface area contributed by atoms with Crippen LogP contribution in [-0.4, -0.2) is 42.1 Å². The number of benzene rings is 2. The maximum absolute atomic E-state index is 13.0. The Bertz CT molecular complexity index is 1450. The summed E-state index contributed by atoms with van der Waals surface area (Å²) in [5.41, 5.74) is 0.712. The van der Waals surface area contributed by atoms with Gasteiger partial charge in [0.1, 0.15) is 0 Å². The van der Waals surface area contributed by atoms with E-state index >= 15 is 0 Å². The third kappa shape index (κ3) is 6.13. The number of anilines is 1. The Kier molecular flexibility index (Phi) is 7.71. The summed E-state index contributed by atoms with van der Waals surface area (Å²) in [6.07, 6.45) is 4.52. The number of nitrogens with one attached hydrogen (secondary N) is 1. The van der Waals surface area contributed by atoms with Gasteiger partial charge in [0.15, 0.2) is 23.1 Å². The molecule has 0 aliphatic carbocycles. The largest absolute Gasteiger partial charge is 0.493 e. The molecule has 0 saturated heterocycles. The minimum absolute atomic E-state index is 0.00518. The van der Waals surface area contributed by atoms with Crippen LogP contribution in [0.1, 0.15) is 12.5 Å². The number of sulfonamides is 1. The molecule has 0 aliphatic rings. The highest BCUT2D eigenvalue weighted by Crippen LogP contribution is 2.41. The van der Waals surface area contributed by atoms with Crippen LogP contribution in [0.4, 0.5) is 5.82 Å². The summed E-state index contributed by atoms with van der Waals surface area (Å²) in [6.45, 7) is 1.99. The highest BCUT2D eigenvalue weighted by atomic mass is 32.2. The molecular formula is C25H23N5O5S. The molecule has 0 amide bonds. The number of hydrogen-bond donors (Lipinski definition) is 1. The molecule has 0 unspecified atom stereocenters. The second-order valence-corrected chi connectivity index (χ2v) is 8.72. The van der Waals surface area contributed by atoms with Crippen molar-refractivity contribution in [1.82, 2.24) is 19.9 Å². The van der Waals surface area contributed by atoms with Gasteiger partial charge >= 0.3 is 0 Å². The van der Waals surface area contributed by atoms with Crippen LogP contribution in [0, 0.1) is 0 Å². The molecule has 4 rings (SSSR count). The minimum Gasteiger partial charge on any atom is -0.493 e. The van der Waals surface area contributed by atoms with Crippen LogP contribution in [0.25, 0.3) is 17.7 Å². The lowest BCUT2D eigenvalue weighted by atomic mass is 10.2. The van der Waals surface area contributed by atoms with Crippen molar-refractivity contribution in [3.05, 3.63) is 84.0 Å². The quantitative estimate of drug-likeness (QED) is 0.330. The predicted octanol–water partition coefficient (Wildman–Crippen LogP) is 4.55. The molecule has 1 N–H and O–H groups in total. The fraction of sp³-hybridized carbons (Fsp3) is 0.120. The molecule has 0 aliphatic heterocycles. The van der Waals surface area contributed by atoms with Crippen LogP contribution in [-0.2, 0) is 10.0 Å². The zero-order valence-electron chi connectivity index (χ0n) is 19.5. The van der Waals surface area contributed by atoms with Crippen molar-refractivity contribution in [2.75, 3.05) is 18.4 Å². The zero-order valence-corrected chi connectivity index (χ0v) is 20.3. The molecule has 0 fully saturated rings. The first-order chi connectivity index (χ1) is 17.5. The van der Waals surface area contributed by atoms with Crippen LogP contribution in [0.15, 0.2) is 78.5 Å². The van der Waals surface area contributed by atoms with Gasteiger partial charge in [-0.1, -0.05) is 42.5 Å². The molecule has 11 heteroatoms. The Morgan fingerprint density at radius 1 is 0.889 bits per heavy atom. The van der Waals surface area contributed by atoms with E-state index < -0.39 is 10.0 Å². The van der Waals surface area contributed by atoms with Crippen LogP contribution >= 0.6 is 0 Å². The second-order valence-electron chi connectivity index (χ2n) is 7.15. The molecule has 10 nitrogen and oxygen atoms in total. The van der Waals surface area contributed by atoms with Gasteiger partial charge in [0, 0.05) is 12.4 Å². The van der Waals surface area contributed by atoms with Crippen LogP contribution < -0.4 is 18.9 Å². The molecule has 0 atom stereocenters. The normalized spacial score (nSPS) is 11.3. The van der Waals surface area contributed by atoms with Crippen molar-refractivity contribution in [1.29, 1.82) is 0 Å². The Labute approximate surface area is 208 Å². The summed E-state index contributed by atoms with van der Waals surface area (Å²) in [5.74, 6) is 0.781. The number of methoxy groups -OCH3 is 1. The smallest absolute Gasteiger partial charge is 0.263 e. The van der Waals surface area contributed by atoms with Crippen LogP contribution in [0.2, 0.25) is 0 Å². The zero-order chi connectivity index (χ0) is 25.4. The highest BCUT2D eigenvalue weighted by Gasteiger charge is 2.24. The third-order valence-corrected chi connectivity index (χ3v) is 5.61. The molecule has 2 aromatic heterocycles. The fourth-order valence-corrected chi connectivity index (χ4v) is 3.87. The fourth-order valence-electron chi connectivity index (χ4n) is 3.05. The van der Waals surface area contributed by atoms with E-state index in [9.17, 15) is 8.42 Å². The van der Waals surface area contributed by atoms with Crippen molar-refractivity contribution in [2.45, 2.75) is 6.92 Å².